The van der Waals surface area contributed by atoms with Crippen molar-refractivity contribution in [2.75, 3.05) is 0 Å². The zero-order chi connectivity index (χ0) is 20.0. The fourth-order valence-electron chi connectivity index (χ4n) is 3.40. The number of ether oxygens (including phenoxy) is 1. The Labute approximate surface area is 166 Å². The van der Waals surface area contributed by atoms with Gasteiger partial charge in [-0.1, -0.05) is 89.9 Å². The van der Waals surface area contributed by atoms with Crippen molar-refractivity contribution in [3.8, 4) is 12.0 Å². The van der Waals surface area contributed by atoms with Crippen LogP contribution in [0.3, 0.4) is 0 Å². The molecule has 27 heavy (non-hydrogen) atoms. The van der Waals surface area contributed by atoms with Gasteiger partial charge in [-0.05, 0) is 46.9 Å². The van der Waals surface area contributed by atoms with E-state index < -0.39 is 0 Å². The molecule has 1 nitrogen and oxygen atoms in total. The highest BCUT2D eigenvalue weighted by molar-refractivity contribution is 5.45. The normalized spacial score (nSPS) is 12.2. The zero-order valence-corrected chi connectivity index (χ0v) is 18.0. The maximum absolute atomic E-state index is 5.97. The monoisotopic (exact) mass is 362 g/mol. The lowest BCUT2D eigenvalue weighted by Gasteiger charge is -2.25. The topological polar surface area (TPSA) is 9.23 Å². The zero-order valence-electron chi connectivity index (χ0n) is 18.0. The summed E-state index contributed by atoms with van der Waals surface area (Å²) in [6.45, 7) is 15.7. The summed E-state index contributed by atoms with van der Waals surface area (Å²) in [4.78, 5) is 0. The first-order chi connectivity index (χ1) is 12.8. The smallest absolute Gasteiger partial charge is 0.133 e. The van der Waals surface area contributed by atoms with E-state index in [9.17, 15) is 0 Å². The number of hydrogen-bond donors (Lipinski definition) is 0. The highest BCUT2D eigenvalue weighted by Gasteiger charge is 2.21. The summed E-state index contributed by atoms with van der Waals surface area (Å²) in [6, 6.07) is 15.0. The molecule has 0 bridgehead atoms. The first kappa shape index (κ1) is 21.1. The van der Waals surface area contributed by atoms with E-state index >= 15 is 0 Å². The van der Waals surface area contributed by atoms with Crippen LogP contribution in [0.15, 0.2) is 42.5 Å². The van der Waals surface area contributed by atoms with Crippen LogP contribution in [0.4, 0.5) is 0 Å². The Balaban J connectivity index is 2.29. The van der Waals surface area contributed by atoms with E-state index in [0.29, 0.717) is 24.2 Å². The molecule has 0 saturated heterocycles. The van der Waals surface area contributed by atoms with E-state index in [4.69, 9.17) is 4.74 Å². The third-order valence-corrected chi connectivity index (χ3v) is 5.03. The summed E-state index contributed by atoms with van der Waals surface area (Å²) in [6.07, 6.45) is 3.63. The molecule has 0 radical (unpaired) electrons. The van der Waals surface area contributed by atoms with Gasteiger partial charge in [0.05, 0.1) is 0 Å². The minimum atomic E-state index is -0.0377. The van der Waals surface area contributed by atoms with E-state index in [1.54, 1.807) is 0 Å². The van der Waals surface area contributed by atoms with E-state index in [1.165, 1.54) is 27.8 Å². The van der Waals surface area contributed by atoms with Gasteiger partial charge in [-0.25, -0.2) is 0 Å². The number of hydrogen-bond acceptors (Lipinski definition) is 1. The molecule has 0 fully saturated rings. The summed E-state index contributed by atoms with van der Waals surface area (Å²) < 4.78 is 5.97. The lowest BCUT2D eigenvalue weighted by atomic mass is 9.82. The molecule has 2 rings (SSSR count). The van der Waals surface area contributed by atoms with E-state index in [2.05, 4.69) is 84.8 Å². The molecule has 0 saturated carbocycles. The van der Waals surface area contributed by atoms with Crippen LogP contribution >= 0.6 is 0 Å². The second kappa shape index (κ2) is 9.65. The van der Waals surface area contributed by atoms with Gasteiger partial charge < -0.3 is 4.74 Å². The van der Waals surface area contributed by atoms with Crippen molar-refractivity contribution in [3.05, 3.63) is 70.3 Å². The summed E-state index contributed by atoms with van der Waals surface area (Å²) in [5, 5.41) is 0. The van der Waals surface area contributed by atoms with Gasteiger partial charge in [0.25, 0.3) is 0 Å². The summed E-state index contributed by atoms with van der Waals surface area (Å²) in [5.41, 5.74) is 6.73. The van der Waals surface area contributed by atoms with Crippen LogP contribution in [0, 0.1) is 12.0 Å². The average molecular weight is 363 g/mol. The average Bonchev–Trinajstić information content (AvgIpc) is 2.64. The number of benzene rings is 2. The van der Waals surface area contributed by atoms with Crippen molar-refractivity contribution in [2.24, 2.45) is 0 Å². The molecule has 0 aromatic heterocycles. The predicted molar refractivity (Wildman–Crippen MR) is 116 cm³/mol. The van der Waals surface area contributed by atoms with Gasteiger partial charge in [0.15, 0.2) is 0 Å². The first-order valence-electron chi connectivity index (χ1n) is 10.2. The molecule has 0 N–H and O–H groups in total. The van der Waals surface area contributed by atoms with Crippen molar-refractivity contribution >= 4 is 0 Å². The van der Waals surface area contributed by atoms with Crippen molar-refractivity contribution in [1.29, 1.82) is 0 Å². The summed E-state index contributed by atoms with van der Waals surface area (Å²) in [5.74, 6) is 4.60. The van der Waals surface area contributed by atoms with Crippen LogP contribution < -0.4 is 0 Å². The maximum atomic E-state index is 5.97. The summed E-state index contributed by atoms with van der Waals surface area (Å²) in [7, 11) is 0. The molecule has 2 aromatic rings. The van der Waals surface area contributed by atoms with Crippen molar-refractivity contribution in [3.63, 3.8) is 0 Å². The number of rotatable bonds is 6. The lowest BCUT2D eigenvalue weighted by molar-refractivity contribution is 0.185. The molecular formula is C26H34O. The van der Waals surface area contributed by atoms with E-state index in [1.807, 2.05) is 18.2 Å². The molecule has 0 aliphatic rings. The van der Waals surface area contributed by atoms with Crippen LogP contribution in [0.2, 0.25) is 0 Å². The quantitative estimate of drug-likeness (QED) is 0.488. The highest BCUT2D eigenvalue weighted by Crippen LogP contribution is 2.36. The first-order valence-corrected chi connectivity index (χ1v) is 10.2. The molecule has 0 amide bonds. The van der Waals surface area contributed by atoms with Crippen LogP contribution in [0.5, 0.6) is 0 Å². The van der Waals surface area contributed by atoms with E-state index in [0.717, 1.165) is 0 Å². The Kier molecular flexibility index (Phi) is 7.55. The second-order valence-electron chi connectivity index (χ2n) is 8.28. The fraction of sp³-hybridized carbons (Fsp3) is 0.462. The Morgan fingerprint density at radius 2 is 1.33 bits per heavy atom. The molecular weight excluding hydrogens is 328 g/mol. The highest BCUT2D eigenvalue weighted by atomic mass is 16.5. The lowest BCUT2D eigenvalue weighted by Crippen LogP contribution is -2.10. The third kappa shape index (κ3) is 5.64. The minimum Gasteiger partial charge on any atom is -0.439 e. The van der Waals surface area contributed by atoms with Gasteiger partial charge in [-0.3, -0.25) is 0 Å². The van der Waals surface area contributed by atoms with Gasteiger partial charge >= 0.3 is 0 Å². The van der Waals surface area contributed by atoms with Crippen molar-refractivity contribution in [1.82, 2.24) is 0 Å². The Hall–Kier alpha value is -2.20. The minimum absolute atomic E-state index is 0.0377. The Morgan fingerprint density at radius 3 is 1.81 bits per heavy atom. The molecule has 0 aliphatic heterocycles. The standard InChI is InChI=1S/C26H34O/c1-18(2)23-16-24(19(3)4)26(25(17-23)20(5)6)21(7)27-15-11-14-22-12-9-8-10-13-22/h8-10,12-13,16-21H,14H2,1-7H3. The predicted octanol–water partition coefficient (Wildman–Crippen LogP) is 7.34. The molecule has 1 heteroatoms. The molecule has 0 heterocycles. The maximum Gasteiger partial charge on any atom is 0.133 e. The Morgan fingerprint density at radius 1 is 0.778 bits per heavy atom. The molecule has 0 aliphatic carbocycles. The van der Waals surface area contributed by atoms with Crippen molar-refractivity contribution < 1.29 is 4.74 Å². The van der Waals surface area contributed by atoms with Crippen LogP contribution in [-0.4, -0.2) is 0 Å². The molecule has 144 valence electrons. The SMILES string of the molecule is CC(C)c1cc(C(C)C)c(C(C)OC#CCc2ccccc2)c(C(C)C)c1. The summed E-state index contributed by atoms with van der Waals surface area (Å²) >= 11 is 0. The third-order valence-electron chi connectivity index (χ3n) is 5.03. The fourth-order valence-corrected chi connectivity index (χ4v) is 3.40. The van der Waals surface area contributed by atoms with Gasteiger partial charge in [-0.2, -0.15) is 0 Å². The molecule has 1 atom stereocenters. The van der Waals surface area contributed by atoms with Gasteiger partial charge in [-0.15, -0.1) is 0 Å². The van der Waals surface area contributed by atoms with Crippen LogP contribution in [-0.2, 0) is 11.2 Å². The van der Waals surface area contributed by atoms with E-state index in [-0.39, 0.29) is 6.10 Å². The molecule has 2 aromatic carbocycles. The second-order valence-corrected chi connectivity index (χ2v) is 8.28. The van der Waals surface area contributed by atoms with Crippen LogP contribution in [0.1, 0.15) is 100 Å². The molecule has 1 unspecified atom stereocenters. The molecule has 0 spiro atoms. The van der Waals surface area contributed by atoms with Crippen LogP contribution in [0.25, 0.3) is 0 Å². The largest absolute Gasteiger partial charge is 0.439 e. The van der Waals surface area contributed by atoms with Crippen molar-refractivity contribution in [2.45, 2.75) is 78.7 Å². The Bertz CT molecular complexity index is 759. The van der Waals surface area contributed by atoms with Gasteiger partial charge in [0.2, 0.25) is 0 Å². The van der Waals surface area contributed by atoms with Gasteiger partial charge in [0.1, 0.15) is 12.2 Å². The van der Waals surface area contributed by atoms with Gasteiger partial charge in [0, 0.05) is 12.0 Å².